The third-order valence-electron chi connectivity index (χ3n) is 2.82. The topological polar surface area (TPSA) is 74.8 Å². The highest BCUT2D eigenvalue weighted by Gasteiger charge is 2.17. The zero-order chi connectivity index (χ0) is 13.4. The molecule has 0 atom stereocenters. The first kappa shape index (κ1) is 11.7. The maximum Gasteiger partial charge on any atom is 0.356 e. The second kappa shape index (κ2) is 4.40. The molecule has 0 saturated heterocycles. The Labute approximate surface area is 112 Å². The Kier molecular flexibility index (Phi) is 2.72. The van der Waals surface area contributed by atoms with Gasteiger partial charge in [-0.25, -0.2) is 9.78 Å². The number of aromatic nitrogens is 2. The summed E-state index contributed by atoms with van der Waals surface area (Å²) in [5.41, 5.74) is 0.363. The first-order valence-corrected chi connectivity index (χ1v) is 6.49. The molecule has 0 aliphatic heterocycles. The predicted molar refractivity (Wildman–Crippen MR) is 70.9 cm³/mol. The number of carboxylic acids is 1. The van der Waals surface area contributed by atoms with Gasteiger partial charge in [0.2, 0.25) is 0 Å². The van der Waals surface area contributed by atoms with Crippen molar-refractivity contribution in [2.45, 2.75) is 6.42 Å². The van der Waals surface area contributed by atoms with Crippen LogP contribution in [0.3, 0.4) is 0 Å². The number of aromatic carboxylic acids is 1. The van der Waals surface area contributed by atoms with Gasteiger partial charge in [-0.3, -0.25) is 0 Å². The molecule has 3 rings (SSSR count). The lowest BCUT2D eigenvalue weighted by atomic mass is 10.3. The van der Waals surface area contributed by atoms with Crippen molar-refractivity contribution in [2.75, 3.05) is 0 Å². The van der Waals surface area contributed by atoms with Crippen molar-refractivity contribution in [3.05, 3.63) is 52.2 Å². The van der Waals surface area contributed by atoms with Crippen molar-refractivity contribution in [1.29, 1.82) is 0 Å². The van der Waals surface area contributed by atoms with E-state index in [2.05, 4.69) is 4.98 Å². The summed E-state index contributed by atoms with van der Waals surface area (Å²) in [6.07, 6.45) is 2.20. The van der Waals surface area contributed by atoms with Gasteiger partial charge in [-0.05, 0) is 17.5 Å². The van der Waals surface area contributed by atoms with Gasteiger partial charge < -0.3 is 14.6 Å². The highest BCUT2D eigenvalue weighted by molar-refractivity contribution is 7.09. The normalized spacial score (nSPS) is 10.9. The van der Waals surface area contributed by atoms with E-state index >= 15 is 0 Å². The van der Waals surface area contributed by atoms with Gasteiger partial charge >= 0.3 is 5.97 Å². The summed E-state index contributed by atoms with van der Waals surface area (Å²) >= 11 is 1.60. The quantitative estimate of drug-likeness (QED) is 0.769. The Bertz CT molecular complexity index is 747. The Balaban J connectivity index is 2.17. The second-order valence-electron chi connectivity index (χ2n) is 4.08. The Morgan fingerprint density at radius 1 is 1.42 bits per heavy atom. The summed E-state index contributed by atoms with van der Waals surface area (Å²) < 4.78 is 1.70. The van der Waals surface area contributed by atoms with Crippen LogP contribution in [0.25, 0.3) is 5.52 Å². The summed E-state index contributed by atoms with van der Waals surface area (Å²) in [4.78, 5) is 16.5. The number of hydrogen-bond acceptors (Lipinski definition) is 4. The smallest absolute Gasteiger partial charge is 0.356 e. The van der Waals surface area contributed by atoms with Gasteiger partial charge in [0.05, 0.1) is 5.52 Å². The van der Waals surface area contributed by atoms with Crippen molar-refractivity contribution in [3.63, 3.8) is 0 Å². The van der Waals surface area contributed by atoms with Crippen LogP contribution in [0.4, 0.5) is 0 Å². The fraction of sp³-hybridized carbons (Fsp3) is 0.0769. The molecule has 0 saturated carbocycles. The predicted octanol–water partition coefficient (Wildman–Crippen LogP) is 2.39. The minimum absolute atomic E-state index is 0.0255. The van der Waals surface area contributed by atoms with Gasteiger partial charge in [-0.15, -0.1) is 11.3 Å². The number of nitrogens with zero attached hydrogens (tertiary/aromatic N) is 2. The number of carboxylic acid groups (broad SMARTS) is 1. The highest BCUT2D eigenvalue weighted by atomic mass is 32.1. The molecule has 96 valence electrons. The van der Waals surface area contributed by atoms with Crippen molar-refractivity contribution >= 4 is 22.8 Å². The maximum atomic E-state index is 11.2. The number of rotatable bonds is 3. The van der Waals surface area contributed by atoms with E-state index in [1.165, 1.54) is 12.1 Å². The zero-order valence-electron chi connectivity index (χ0n) is 9.78. The highest BCUT2D eigenvalue weighted by Crippen LogP contribution is 2.21. The largest absolute Gasteiger partial charge is 0.508 e. The molecule has 0 bridgehead atoms. The maximum absolute atomic E-state index is 11.2. The van der Waals surface area contributed by atoms with E-state index in [-0.39, 0.29) is 11.4 Å². The lowest BCUT2D eigenvalue weighted by molar-refractivity contribution is 0.0693. The van der Waals surface area contributed by atoms with Gasteiger partial charge in [-0.2, -0.15) is 0 Å². The van der Waals surface area contributed by atoms with E-state index in [9.17, 15) is 9.90 Å². The Morgan fingerprint density at radius 2 is 2.26 bits per heavy atom. The minimum Gasteiger partial charge on any atom is -0.508 e. The molecule has 0 fully saturated rings. The standard InChI is InChI=1S/C13H10N2O3S/c16-8-3-4-15-10(6-8)12(13(17)18)14-11(15)7-9-2-1-5-19-9/h1-6,16H,7H2,(H,17,18). The molecule has 3 aromatic rings. The lowest BCUT2D eigenvalue weighted by Gasteiger charge is -2.00. The SMILES string of the molecule is O=C(O)c1nc(Cc2cccs2)n2ccc(O)cc12. The number of pyridine rings is 1. The van der Waals surface area contributed by atoms with E-state index in [1.807, 2.05) is 17.5 Å². The monoisotopic (exact) mass is 274 g/mol. The van der Waals surface area contributed by atoms with Gasteiger partial charge in [0, 0.05) is 23.6 Å². The molecule has 0 unspecified atom stereocenters. The average molecular weight is 274 g/mol. The third kappa shape index (κ3) is 2.06. The first-order valence-electron chi connectivity index (χ1n) is 5.61. The van der Waals surface area contributed by atoms with E-state index in [0.29, 0.717) is 17.8 Å². The molecule has 3 aromatic heterocycles. The first-order chi connectivity index (χ1) is 9.15. The zero-order valence-corrected chi connectivity index (χ0v) is 10.6. The molecular formula is C13H10N2O3S. The van der Waals surface area contributed by atoms with Gasteiger partial charge in [0.25, 0.3) is 0 Å². The molecule has 0 aliphatic rings. The van der Waals surface area contributed by atoms with E-state index in [1.54, 1.807) is 21.9 Å². The molecule has 3 heterocycles. The molecule has 0 radical (unpaired) electrons. The van der Waals surface area contributed by atoms with E-state index < -0.39 is 5.97 Å². The number of aromatic hydroxyl groups is 1. The van der Waals surface area contributed by atoms with Gasteiger partial charge in [0.15, 0.2) is 5.69 Å². The molecular weight excluding hydrogens is 264 g/mol. The van der Waals surface area contributed by atoms with Crippen molar-refractivity contribution in [1.82, 2.24) is 9.38 Å². The van der Waals surface area contributed by atoms with Crippen LogP contribution in [0.2, 0.25) is 0 Å². The van der Waals surface area contributed by atoms with Crippen LogP contribution in [0.5, 0.6) is 5.75 Å². The second-order valence-corrected chi connectivity index (χ2v) is 5.11. The number of fused-ring (bicyclic) bond motifs is 1. The van der Waals surface area contributed by atoms with Crippen LogP contribution in [-0.2, 0) is 6.42 Å². The fourth-order valence-electron chi connectivity index (χ4n) is 1.99. The van der Waals surface area contributed by atoms with E-state index in [0.717, 1.165) is 4.88 Å². The van der Waals surface area contributed by atoms with Crippen LogP contribution in [-0.4, -0.2) is 25.6 Å². The van der Waals surface area contributed by atoms with E-state index in [4.69, 9.17) is 5.11 Å². The number of imidazole rings is 1. The van der Waals surface area contributed by atoms with Crippen molar-refractivity contribution in [3.8, 4) is 5.75 Å². The van der Waals surface area contributed by atoms with Crippen LogP contribution < -0.4 is 0 Å². The minimum atomic E-state index is -1.10. The summed E-state index contributed by atoms with van der Waals surface area (Å²) in [5, 5.41) is 20.6. The number of hydrogen-bond donors (Lipinski definition) is 2. The third-order valence-corrected chi connectivity index (χ3v) is 3.69. The lowest BCUT2D eigenvalue weighted by Crippen LogP contribution is -1.97. The molecule has 0 aliphatic carbocycles. The molecule has 19 heavy (non-hydrogen) atoms. The average Bonchev–Trinajstić information content (AvgIpc) is 2.97. The summed E-state index contributed by atoms with van der Waals surface area (Å²) in [6.45, 7) is 0. The van der Waals surface area contributed by atoms with Crippen LogP contribution in [0.1, 0.15) is 21.2 Å². The van der Waals surface area contributed by atoms with Crippen LogP contribution in [0.15, 0.2) is 35.8 Å². The number of carbonyl (C=O) groups is 1. The Hall–Kier alpha value is -2.34. The molecule has 2 N–H and O–H groups in total. The molecule has 6 heteroatoms. The molecule has 0 amide bonds. The number of thiophene rings is 1. The van der Waals surface area contributed by atoms with Gasteiger partial charge in [-0.1, -0.05) is 6.07 Å². The van der Waals surface area contributed by atoms with Gasteiger partial charge in [0.1, 0.15) is 11.6 Å². The van der Waals surface area contributed by atoms with Crippen molar-refractivity contribution < 1.29 is 15.0 Å². The summed E-state index contributed by atoms with van der Waals surface area (Å²) in [5.74, 6) is -0.423. The molecule has 0 spiro atoms. The van der Waals surface area contributed by atoms with Crippen molar-refractivity contribution in [2.24, 2.45) is 0 Å². The van der Waals surface area contributed by atoms with Crippen LogP contribution >= 0.6 is 11.3 Å². The fourth-order valence-corrected chi connectivity index (χ4v) is 2.69. The molecule has 5 nitrogen and oxygen atoms in total. The summed E-state index contributed by atoms with van der Waals surface area (Å²) in [6, 6.07) is 6.85. The summed E-state index contributed by atoms with van der Waals surface area (Å²) in [7, 11) is 0. The van der Waals surface area contributed by atoms with Crippen LogP contribution in [0, 0.1) is 0 Å². The Morgan fingerprint density at radius 3 is 2.95 bits per heavy atom. The molecule has 0 aromatic carbocycles.